The SMILES string of the molecule is COc1ccc(C(=O)Oc2ccc(Br)cc2C=NNC(=O)c2[nH]c3c(C#N)cccc3c2-c2ccccc2Cl)cc1. The molecule has 1 aromatic heterocycles. The highest BCUT2D eigenvalue weighted by Crippen LogP contribution is 2.37. The molecule has 0 atom stereocenters. The Morgan fingerprint density at radius 3 is 2.56 bits per heavy atom. The van der Waals surface area contributed by atoms with Gasteiger partial charge in [0.05, 0.1) is 30.0 Å². The number of aromatic nitrogens is 1. The molecule has 4 aromatic carbocycles. The van der Waals surface area contributed by atoms with Gasteiger partial charge in [0.15, 0.2) is 0 Å². The number of fused-ring (bicyclic) bond motifs is 1. The lowest BCUT2D eigenvalue weighted by Gasteiger charge is -2.09. The lowest BCUT2D eigenvalue weighted by atomic mass is 10.0. The lowest BCUT2D eigenvalue weighted by molar-refractivity contribution is 0.0734. The van der Waals surface area contributed by atoms with Crippen LogP contribution in [0, 0.1) is 11.3 Å². The van der Waals surface area contributed by atoms with Gasteiger partial charge in [0, 0.05) is 31.6 Å². The zero-order valence-electron chi connectivity index (χ0n) is 21.4. The number of nitriles is 1. The predicted molar refractivity (Wildman–Crippen MR) is 161 cm³/mol. The highest BCUT2D eigenvalue weighted by Gasteiger charge is 2.22. The number of nitrogens with one attached hydrogen (secondary N) is 2. The Labute approximate surface area is 248 Å². The monoisotopic (exact) mass is 626 g/mol. The van der Waals surface area contributed by atoms with Crippen molar-refractivity contribution in [3.8, 4) is 28.7 Å². The second kappa shape index (κ2) is 12.1. The number of amides is 1. The third kappa shape index (κ3) is 5.84. The second-order valence-electron chi connectivity index (χ2n) is 8.69. The largest absolute Gasteiger partial charge is 0.497 e. The first-order chi connectivity index (χ1) is 19.9. The van der Waals surface area contributed by atoms with Crippen LogP contribution in [0.5, 0.6) is 11.5 Å². The zero-order valence-corrected chi connectivity index (χ0v) is 23.8. The number of rotatable bonds is 7. The third-order valence-corrected chi connectivity index (χ3v) is 7.02. The molecule has 1 heterocycles. The lowest BCUT2D eigenvalue weighted by Crippen LogP contribution is -2.19. The van der Waals surface area contributed by atoms with Gasteiger partial charge in [-0.15, -0.1) is 0 Å². The number of para-hydroxylation sites is 1. The van der Waals surface area contributed by atoms with Crippen LogP contribution in [-0.2, 0) is 0 Å². The van der Waals surface area contributed by atoms with E-state index in [1.165, 1.54) is 6.21 Å². The minimum Gasteiger partial charge on any atom is -0.497 e. The van der Waals surface area contributed by atoms with Crippen molar-refractivity contribution in [2.75, 3.05) is 7.11 Å². The summed E-state index contributed by atoms with van der Waals surface area (Å²) in [5.74, 6) is -0.259. The molecule has 0 saturated heterocycles. The number of methoxy groups -OCH3 is 1. The fourth-order valence-corrected chi connectivity index (χ4v) is 4.85. The molecule has 0 saturated carbocycles. The fourth-order valence-electron chi connectivity index (χ4n) is 4.24. The van der Waals surface area contributed by atoms with E-state index in [9.17, 15) is 14.9 Å². The molecule has 0 bridgehead atoms. The summed E-state index contributed by atoms with van der Waals surface area (Å²) < 4.78 is 11.4. The Kier molecular flexibility index (Phi) is 8.15. The van der Waals surface area contributed by atoms with Crippen LogP contribution in [0.1, 0.15) is 32.0 Å². The smallest absolute Gasteiger partial charge is 0.343 e. The van der Waals surface area contributed by atoms with Crippen LogP contribution in [0.2, 0.25) is 5.02 Å². The van der Waals surface area contributed by atoms with Crippen molar-refractivity contribution in [2.45, 2.75) is 0 Å². The number of esters is 1. The van der Waals surface area contributed by atoms with E-state index in [4.69, 9.17) is 21.1 Å². The minimum absolute atomic E-state index is 0.188. The van der Waals surface area contributed by atoms with Crippen LogP contribution >= 0.6 is 27.5 Å². The highest BCUT2D eigenvalue weighted by molar-refractivity contribution is 9.10. The van der Waals surface area contributed by atoms with E-state index in [0.717, 1.165) is 4.47 Å². The van der Waals surface area contributed by atoms with E-state index >= 15 is 0 Å². The van der Waals surface area contributed by atoms with Crippen molar-refractivity contribution < 1.29 is 19.1 Å². The molecule has 0 unspecified atom stereocenters. The first-order valence-corrected chi connectivity index (χ1v) is 13.4. The molecule has 0 radical (unpaired) electrons. The highest BCUT2D eigenvalue weighted by atomic mass is 79.9. The molecule has 0 aliphatic carbocycles. The van der Waals surface area contributed by atoms with Gasteiger partial charge in [-0.3, -0.25) is 4.79 Å². The average Bonchev–Trinajstić information content (AvgIpc) is 3.38. The number of benzene rings is 4. The summed E-state index contributed by atoms with van der Waals surface area (Å²) in [6.07, 6.45) is 1.37. The molecule has 41 heavy (non-hydrogen) atoms. The topological polar surface area (TPSA) is 117 Å². The minimum atomic E-state index is -0.565. The Balaban J connectivity index is 1.43. The summed E-state index contributed by atoms with van der Waals surface area (Å²) >= 11 is 9.90. The molecule has 0 fully saturated rings. The molecule has 1 amide bonds. The maximum Gasteiger partial charge on any atom is 0.343 e. The Morgan fingerprint density at radius 2 is 1.83 bits per heavy atom. The summed E-state index contributed by atoms with van der Waals surface area (Å²) in [5.41, 5.74) is 5.57. The molecule has 2 N–H and O–H groups in total. The standard InChI is InChI=1S/C31H20BrClN4O4/c1-40-22-12-9-18(10-13-22)31(39)41-26-14-11-21(32)15-20(26)17-35-37-30(38)29-27(23-6-2-3-8-25(23)33)24-7-4-5-19(16-34)28(24)36-29/h2-15,17,36H,1H3,(H,37,38). The van der Waals surface area contributed by atoms with Crippen molar-refractivity contribution in [2.24, 2.45) is 5.10 Å². The van der Waals surface area contributed by atoms with Crippen molar-refractivity contribution in [3.05, 3.63) is 117 Å². The summed E-state index contributed by atoms with van der Waals surface area (Å²) in [7, 11) is 1.54. The summed E-state index contributed by atoms with van der Waals surface area (Å²) in [5, 5.41) is 14.9. The van der Waals surface area contributed by atoms with Crippen LogP contribution in [0.3, 0.4) is 0 Å². The molecule has 0 aliphatic rings. The molecule has 10 heteroatoms. The number of aromatic amines is 1. The molecular formula is C31H20BrClN4O4. The maximum absolute atomic E-state index is 13.4. The number of halogens is 2. The van der Waals surface area contributed by atoms with Crippen LogP contribution < -0.4 is 14.9 Å². The number of carbonyl (C=O) groups excluding carboxylic acids is 2. The van der Waals surface area contributed by atoms with Gasteiger partial charge in [0.2, 0.25) is 0 Å². The van der Waals surface area contributed by atoms with E-state index in [-0.39, 0.29) is 11.4 Å². The summed E-state index contributed by atoms with van der Waals surface area (Å²) in [6, 6.07) is 26.1. The van der Waals surface area contributed by atoms with Crippen LogP contribution in [0.25, 0.3) is 22.0 Å². The summed E-state index contributed by atoms with van der Waals surface area (Å²) in [6.45, 7) is 0. The maximum atomic E-state index is 13.4. The van der Waals surface area contributed by atoms with Gasteiger partial charge in [-0.25, -0.2) is 10.2 Å². The predicted octanol–water partition coefficient (Wildman–Crippen LogP) is 7.11. The number of hydrogen-bond donors (Lipinski definition) is 2. The van der Waals surface area contributed by atoms with E-state index in [1.807, 2.05) is 12.1 Å². The first-order valence-electron chi connectivity index (χ1n) is 12.2. The Bertz CT molecular complexity index is 1860. The number of nitrogens with zero attached hydrogens (tertiary/aromatic N) is 2. The molecule has 5 aromatic rings. The van der Waals surface area contributed by atoms with Crippen LogP contribution in [-0.4, -0.2) is 30.2 Å². The van der Waals surface area contributed by atoms with E-state index < -0.39 is 11.9 Å². The number of ether oxygens (including phenoxy) is 2. The Hall–Kier alpha value is -4.91. The van der Waals surface area contributed by atoms with E-state index in [0.29, 0.717) is 49.5 Å². The van der Waals surface area contributed by atoms with Crippen molar-refractivity contribution in [3.63, 3.8) is 0 Å². The quantitative estimate of drug-likeness (QED) is 0.0863. The van der Waals surface area contributed by atoms with Crippen molar-refractivity contribution in [1.82, 2.24) is 10.4 Å². The molecule has 8 nitrogen and oxygen atoms in total. The van der Waals surface area contributed by atoms with Gasteiger partial charge in [0.1, 0.15) is 23.3 Å². The molecule has 0 spiro atoms. The normalized spacial score (nSPS) is 10.9. The molecule has 5 rings (SSSR count). The van der Waals surface area contributed by atoms with Crippen molar-refractivity contribution >= 4 is 56.5 Å². The van der Waals surface area contributed by atoms with Gasteiger partial charge < -0.3 is 14.5 Å². The second-order valence-corrected chi connectivity index (χ2v) is 10.0. The molecule has 202 valence electrons. The molecule has 0 aliphatic heterocycles. The van der Waals surface area contributed by atoms with Crippen molar-refractivity contribution in [1.29, 1.82) is 5.26 Å². The van der Waals surface area contributed by atoms with Gasteiger partial charge in [-0.05, 0) is 54.6 Å². The van der Waals surface area contributed by atoms with E-state index in [2.05, 4.69) is 37.5 Å². The first kappa shape index (κ1) is 27.6. The number of hydrogen-bond acceptors (Lipinski definition) is 6. The number of H-pyrrole nitrogens is 1. The zero-order chi connectivity index (χ0) is 28.9. The third-order valence-electron chi connectivity index (χ3n) is 6.19. The van der Waals surface area contributed by atoms with Gasteiger partial charge >= 0.3 is 5.97 Å². The van der Waals surface area contributed by atoms with Crippen LogP contribution in [0.15, 0.2) is 94.5 Å². The van der Waals surface area contributed by atoms with Gasteiger partial charge in [-0.1, -0.05) is 57.9 Å². The number of carbonyl (C=O) groups is 2. The average molecular weight is 628 g/mol. The number of hydrazone groups is 1. The summed E-state index contributed by atoms with van der Waals surface area (Å²) in [4.78, 5) is 29.2. The fraction of sp³-hybridized carbons (Fsp3) is 0.0323. The van der Waals surface area contributed by atoms with E-state index in [1.54, 1.807) is 79.9 Å². The molecular weight excluding hydrogens is 608 g/mol. The van der Waals surface area contributed by atoms with Gasteiger partial charge in [0.25, 0.3) is 5.91 Å². The van der Waals surface area contributed by atoms with Gasteiger partial charge in [-0.2, -0.15) is 10.4 Å². The Morgan fingerprint density at radius 1 is 1.05 bits per heavy atom. The van der Waals surface area contributed by atoms with Crippen LogP contribution in [0.4, 0.5) is 0 Å².